The maximum atomic E-state index is 11.3. The van der Waals surface area contributed by atoms with Crippen molar-refractivity contribution in [2.45, 2.75) is 19.9 Å². The van der Waals surface area contributed by atoms with Crippen LogP contribution in [0.25, 0.3) is 0 Å². The van der Waals surface area contributed by atoms with Crippen molar-refractivity contribution in [2.24, 2.45) is 5.41 Å². The molecule has 0 saturated carbocycles. The number of benzene rings is 1. The fourth-order valence-electron chi connectivity index (χ4n) is 1.92. The number of alkyl carbamates (subject to hydrolysis) is 1. The van der Waals surface area contributed by atoms with Gasteiger partial charge in [0.05, 0.1) is 6.04 Å². The van der Waals surface area contributed by atoms with Crippen molar-refractivity contribution in [3.8, 4) is 0 Å². The smallest absolute Gasteiger partial charge is 0.407 e. The lowest BCUT2D eigenvalue weighted by atomic mass is 9.80. The Kier molecular flexibility index (Phi) is 5.09. The second kappa shape index (κ2) is 5.80. The Morgan fingerprint density at radius 3 is 2.61 bits per heavy atom. The summed E-state index contributed by atoms with van der Waals surface area (Å²) in [7, 11) is 0. The molecule has 3 nitrogen and oxygen atoms in total. The Hall–Kier alpha value is -0.260. The maximum absolute atomic E-state index is 11.3. The van der Waals surface area contributed by atoms with Crippen LogP contribution in [0, 0.1) is 5.41 Å². The first kappa shape index (κ1) is 15.8. The van der Waals surface area contributed by atoms with Crippen molar-refractivity contribution in [2.75, 3.05) is 6.61 Å². The van der Waals surface area contributed by atoms with Crippen LogP contribution < -0.4 is 5.32 Å². The summed E-state index contributed by atoms with van der Waals surface area (Å²) in [5, 5.41) is 2.87. The van der Waals surface area contributed by atoms with E-state index in [2.05, 4.69) is 51.0 Å². The standard InChI is InChI=1S/C12H13Br2NO2.ClH/c1-12(2)6-17-11(16)15-10(12)7-3-4-8(13)9(14)5-7;/h3-5,10H,6H2,1-2H3,(H,15,16);1H/t10-;/m0./s1. The highest BCUT2D eigenvalue weighted by Gasteiger charge is 2.37. The van der Waals surface area contributed by atoms with E-state index in [1.165, 1.54) is 0 Å². The van der Waals surface area contributed by atoms with Crippen LogP contribution in [0.4, 0.5) is 4.79 Å². The lowest BCUT2D eigenvalue weighted by Gasteiger charge is -2.38. The molecule has 1 aliphatic heterocycles. The van der Waals surface area contributed by atoms with Gasteiger partial charge in [0, 0.05) is 14.4 Å². The van der Waals surface area contributed by atoms with Gasteiger partial charge in [0.15, 0.2) is 0 Å². The molecule has 1 N–H and O–H groups in total. The molecule has 1 aliphatic rings. The largest absolute Gasteiger partial charge is 0.449 e. The van der Waals surface area contributed by atoms with E-state index in [4.69, 9.17) is 4.74 Å². The minimum atomic E-state index is -0.353. The van der Waals surface area contributed by atoms with Gasteiger partial charge in [0.2, 0.25) is 0 Å². The van der Waals surface area contributed by atoms with Gasteiger partial charge in [0.25, 0.3) is 0 Å². The maximum Gasteiger partial charge on any atom is 0.407 e. The van der Waals surface area contributed by atoms with Crippen LogP contribution in [0.5, 0.6) is 0 Å². The van der Waals surface area contributed by atoms with E-state index in [1.54, 1.807) is 0 Å². The average Bonchev–Trinajstić information content (AvgIpc) is 2.26. The van der Waals surface area contributed by atoms with Crippen molar-refractivity contribution in [1.82, 2.24) is 5.32 Å². The molecule has 1 aromatic carbocycles. The summed E-state index contributed by atoms with van der Waals surface area (Å²) >= 11 is 6.91. The molecule has 18 heavy (non-hydrogen) atoms. The summed E-state index contributed by atoms with van der Waals surface area (Å²) in [5.74, 6) is 0. The number of hydrogen-bond acceptors (Lipinski definition) is 2. The van der Waals surface area contributed by atoms with E-state index in [0.717, 1.165) is 14.5 Å². The number of carbonyl (C=O) groups excluding carboxylic acids is 1. The number of ether oxygens (including phenoxy) is 1. The highest BCUT2D eigenvalue weighted by molar-refractivity contribution is 9.13. The van der Waals surface area contributed by atoms with Gasteiger partial charge in [-0.3, -0.25) is 0 Å². The minimum absolute atomic E-state index is 0. The summed E-state index contributed by atoms with van der Waals surface area (Å²) < 4.78 is 7.00. The molecule has 0 radical (unpaired) electrons. The molecule has 1 atom stereocenters. The molecule has 0 aliphatic carbocycles. The molecular weight excluding hydrogens is 385 g/mol. The van der Waals surface area contributed by atoms with Gasteiger partial charge in [-0.2, -0.15) is 0 Å². The predicted molar refractivity (Wildman–Crippen MR) is 80.1 cm³/mol. The Labute approximate surface area is 129 Å². The van der Waals surface area contributed by atoms with Crippen molar-refractivity contribution in [3.05, 3.63) is 32.7 Å². The summed E-state index contributed by atoms with van der Waals surface area (Å²) in [6, 6.07) is 5.96. The van der Waals surface area contributed by atoms with E-state index >= 15 is 0 Å². The zero-order valence-electron chi connectivity index (χ0n) is 10.00. The normalized spacial score (nSPS) is 21.6. The van der Waals surface area contributed by atoms with E-state index in [9.17, 15) is 4.79 Å². The molecule has 100 valence electrons. The molecule has 1 aromatic rings. The Bertz CT molecular complexity index is 465. The fraction of sp³-hybridized carbons (Fsp3) is 0.417. The number of rotatable bonds is 1. The van der Waals surface area contributed by atoms with Crippen molar-refractivity contribution in [3.63, 3.8) is 0 Å². The van der Waals surface area contributed by atoms with Crippen molar-refractivity contribution < 1.29 is 9.53 Å². The van der Waals surface area contributed by atoms with Crippen LogP contribution in [0.3, 0.4) is 0 Å². The van der Waals surface area contributed by atoms with Gasteiger partial charge in [0.1, 0.15) is 6.61 Å². The number of carbonyl (C=O) groups is 1. The van der Waals surface area contributed by atoms with Crippen LogP contribution in [-0.4, -0.2) is 12.7 Å². The molecule has 1 saturated heterocycles. The average molecular weight is 400 g/mol. The first-order chi connectivity index (χ1) is 7.90. The molecule has 1 fully saturated rings. The molecular formula is C12H14Br2ClNO2. The van der Waals surface area contributed by atoms with Crippen LogP contribution in [0.2, 0.25) is 0 Å². The van der Waals surface area contributed by atoms with Crippen LogP contribution in [0.1, 0.15) is 25.5 Å². The highest BCUT2D eigenvalue weighted by atomic mass is 79.9. The monoisotopic (exact) mass is 397 g/mol. The summed E-state index contributed by atoms with van der Waals surface area (Å²) in [5.41, 5.74) is 0.947. The number of hydrogen-bond donors (Lipinski definition) is 1. The molecule has 1 amide bonds. The third-order valence-corrected chi connectivity index (χ3v) is 4.78. The highest BCUT2D eigenvalue weighted by Crippen LogP contribution is 2.38. The lowest BCUT2D eigenvalue weighted by Crippen LogP contribution is -2.46. The summed E-state index contributed by atoms with van der Waals surface area (Å²) in [4.78, 5) is 11.3. The Balaban J connectivity index is 0.00000162. The van der Waals surface area contributed by atoms with Gasteiger partial charge in [-0.15, -0.1) is 12.4 Å². The SMILES string of the molecule is CC1(C)COC(=O)N[C@H]1c1ccc(Br)c(Br)c1.Cl. The number of nitrogens with one attached hydrogen (secondary N) is 1. The molecule has 6 heteroatoms. The predicted octanol–water partition coefficient (Wildman–Crippen LogP) is 4.44. The molecule has 0 bridgehead atoms. The van der Waals surface area contributed by atoms with Gasteiger partial charge in [-0.25, -0.2) is 4.79 Å². The third kappa shape index (κ3) is 3.19. The zero-order valence-corrected chi connectivity index (χ0v) is 14.0. The van der Waals surface area contributed by atoms with Gasteiger partial charge in [-0.1, -0.05) is 19.9 Å². The molecule has 1 heterocycles. The van der Waals surface area contributed by atoms with Crippen LogP contribution >= 0.6 is 44.3 Å². The van der Waals surface area contributed by atoms with Gasteiger partial charge < -0.3 is 10.1 Å². The molecule has 0 unspecified atom stereocenters. The first-order valence-electron chi connectivity index (χ1n) is 5.28. The lowest BCUT2D eigenvalue weighted by molar-refractivity contribution is 0.0387. The molecule has 0 spiro atoms. The minimum Gasteiger partial charge on any atom is -0.449 e. The second-order valence-corrected chi connectivity index (χ2v) is 6.52. The van der Waals surface area contributed by atoms with E-state index in [0.29, 0.717) is 6.61 Å². The number of amides is 1. The quantitative estimate of drug-likeness (QED) is 0.758. The third-order valence-electron chi connectivity index (χ3n) is 2.90. The van der Waals surface area contributed by atoms with E-state index in [-0.39, 0.29) is 30.0 Å². The van der Waals surface area contributed by atoms with Crippen LogP contribution in [-0.2, 0) is 4.74 Å². The summed E-state index contributed by atoms with van der Waals surface area (Å²) in [6.07, 6.45) is -0.353. The fourth-order valence-corrected chi connectivity index (χ4v) is 2.56. The number of cyclic esters (lactones) is 1. The van der Waals surface area contributed by atoms with Crippen molar-refractivity contribution >= 4 is 50.4 Å². The Morgan fingerprint density at radius 2 is 2.00 bits per heavy atom. The zero-order chi connectivity index (χ0) is 12.6. The summed E-state index contributed by atoms with van der Waals surface area (Å²) in [6.45, 7) is 4.58. The number of halogens is 3. The van der Waals surface area contributed by atoms with Crippen LogP contribution in [0.15, 0.2) is 27.1 Å². The first-order valence-corrected chi connectivity index (χ1v) is 6.87. The van der Waals surface area contributed by atoms with Gasteiger partial charge >= 0.3 is 6.09 Å². The van der Waals surface area contributed by atoms with Gasteiger partial charge in [-0.05, 0) is 49.6 Å². The molecule has 0 aromatic heterocycles. The topological polar surface area (TPSA) is 38.3 Å². The van der Waals surface area contributed by atoms with E-state index in [1.807, 2.05) is 18.2 Å². The van der Waals surface area contributed by atoms with Crippen molar-refractivity contribution in [1.29, 1.82) is 0 Å². The second-order valence-electron chi connectivity index (χ2n) is 4.82. The Morgan fingerprint density at radius 1 is 1.33 bits per heavy atom. The van der Waals surface area contributed by atoms with E-state index < -0.39 is 0 Å². The molecule has 2 rings (SSSR count).